The Morgan fingerprint density at radius 3 is 2.52 bits per heavy atom. The largest absolute Gasteiger partial charge is 0.481 e. The summed E-state index contributed by atoms with van der Waals surface area (Å²) >= 11 is 0. The van der Waals surface area contributed by atoms with Crippen LogP contribution in [0.5, 0.6) is 0 Å². The maximum Gasteiger partial charge on any atom is 0.308 e. The van der Waals surface area contributed by atoms with Crippen LogP contribution >= 0.6 is 0 Å². The van der Waals surface area contributed by atoms with Crippen LogP contribution in [0, 0.1) is 5.92 Å². The van der Waals surface area contributed by atoms with Crippen LogP contribution in [0.15, 0.2) is 30.3 Å². The van der Waals surface area contributed by atoms with Gasteiger partial charge in [-0.1, -0.05) is 30.3 Å². The molecule has 136 valence electrons. The molecule has 1 aliphatic rings. The maximum atomic E-state index is 12.6. The zero-order valence-corrected chi connectivity index (χ0v) is 14.9. The first-order chi connectivity index (χ1) is 11.9. The van der Waals surface area contributed by atoms with E-state index >= 15 is 0 Å². The number of piperidine rings is 1. The molecule has 0 aliphatic carbocycles. The molecule has 1 aromatic carbocycles. The highest BCUT2D eigenvalue weighted by Gasteiger charge is 2.35. The Bertz CT molecular complexity index is 617. The van der Waals surface area contributed by atoms with Crippen molar-refractivity contribution < 1.29 is 19.5 Å². The number of amides is 2. The van der Waals surface area contributed by atoms with Crippen LogP contribution in [-0.2, 0) is 20.8 Å². The third kappa shape index (κ3) is 5.05. The SMILES string of the molecule is CC(=O)N(CCc1ccccc1)CC(=O)N1CCC[C@@H](C(=O)O)[C@H]1C. The summed E-state index contributed by atoms with van der Waals surface area (Å²) in [6, 6.07) is 9.46. The summed E-state index contributed by atoms with van der Waals surface area (Å²) in [7, 11) is 0. The van der Waals surface area contributed by atoms with Gasteiger partial charge in [-0.15, -0.1) is 0 Å². The second kappa shape index (κ2) is 8.65. The summed E-state index contributed by atoms with van der Waals surface area (Å²) in [6.07, 6.45) is 1.95. The summed E-state index contributed by atoms with van der Waals surface area (Å²) in [6.45, 7) is 4.25. The van der Waals surface area contributed by atoms with Gasteiger partial charge in [0.25, 0.3) is 0 Å². The van der Waals surface area contributed by atoms with Crippen molar-refractivity contribution in [3.05, 3.63) is 35.9 Å². The Hall–Kier alpha value is -2.37. The van der Waals surface area contributed by atoms with Crippen LogP contribution in [0.25, 0.3) is 0 Å². The van der Waals surface area contributed by atoms with E-state index in [2.05, 4.69) is 0 Å². The van der Waals surface area contributed by atoms with Gasteiger partial charge in [0.15, 0.2) is 0 Å². The monoisotopic (exact) mass is 346 g/mol. The van der Waals surface area contributed by atoms with Gasteiger partial charge in [-0.25, -0.2) is 0 Å². The lowest BCUT2D eigenvalue weighted by molar-refractivity contribution is -0.150. The number of carbonyl (C=O) groups excluding carboxylic acids is 2. The number of carboxylic acid groups (broad SMARTS) is 1. The highest BCUT2D eigenvalue weighted by Crippen LogP contribution is 2.24. The summed E-state index contributed by atoms with van der Waals surface area (Å²) < 4.78 is 0. The fourth-order valence-corrected chi connectivity index (χ4v) is 3.34. The first-order valence-electron chi connectivity index (χ1n) is 8.72. The third-order valence-electron chi connectivity index (χ3n) is 4.91. The molecule has 1 saturated heterocycles. The van der Waals surface area contributed by atoms with Crippen molar-refractivity contribution in [3.8, 4) is 0 Å². The van der Waals surface area contributed by atoms with Gasteiger partial charge in [0, 0.05) is 26.1 Å². The molecule has 1 N–H and O–H groups in total. The second-order valence-electron chi connectivity index (χ2n) is 6.59. The Balaban J connectivity index is 1.97. The molecule has 0 unspecified atom stereocenters. The van der Waals surface area contributed by atoms with E-state index < -0.39 is 11.9 Å². The minimum atomic E-state index is -0.863. The Kier molecular flexibility index (Phi) is 6.56. The lowest BCUT2D eigenvalue weighted by atomic mass is 9.90. The molecule has 1 fully saturated rings. The Labute approximate surface area is 148 Å². The molecular weight excluding hydrogens is 320 g/mol. The number of aliphatic carboxylic acids is 1. The lowest BCUT2D eigenvalue weighted by Crippen LogP contribution is -2.52. The molecule has 6 nitrogen and oxygen atoms in total. The number of hydrogen-bond acceptors (Lipinski definition) is 3. The summed E-state index contributed by atoms with van der Waals surface area (Å²) in [5.74, 6) is -1.73. The quantitative estimate of drug-likeness (QED) is 0.852. The van der Waals surface area contributed by atoms with Gasteiger partial charge in [0.2, 0.25) is 11.8 Å². The average molecular weight is 346 g/mol. The third-order valence-corrected chi connectivity index (χ3v) is 4.91. The Morgan fingerprint density at radius 1 is 1.24 bits per heavy atom. The molecule has 0 aromatic heterocycles. The first-order valence-corrected chi connectivity index (χ1v) is 8.72. The molecule has 25 heavy (non-hydrogen) atoms. The predicted octanol–water partition coefficient (Wildman–Crippen LogP) is 1.79. The highest BCUT2D eigenvalue weighted by molar-refractivity contribution is 5.84. The summed E-state index contributed by atoms with van der Waals surface area (Å²) in [5, 5.41) is 9.29. The summed E-state index contributed by atoms with van der Waals surface area (Å²) in [4.78, 5) is 39.0. The zero-order chi connectivity index (χ0) is 18.4. The van der Waals surface area contributed by atoms with E-state index in [0.717, 1.165) is 5.56 Å². The second-order valence-corrected chi connectivity index (χ2v) is 6.59. The smallest absolute Gasteiger partial charge is 0.308 e. The summed E-state index contributed by atoms with van der Waals surface area (Å²) in [5.41, 5.74) is 1.11. The van der Waals surface area contributed by atoms with Gasteiger partial charge in [-0.3, -0.25) is 14.4 Å². The molecule has 0 bridgehead atoms. The van der Waals surface area contributed by atoms with E-state index in [1.54, 1.807) is 11.8 Å². The molecule has 0 saturated carbocycles. The Morgan fingerprint density at radius 2 is 1.92 bits per heavy atom. The van der Waals surface area contributed by atoms with Gasteiger partial charge >= 0.3 is 5.97 Å². The molecular formula is C19H26N2O4. The minimum Gasteiger partial charge on any atom is -0.481 e. The highest BCUT2D eigenvalue weighted by atomic mass is 16.4. The molecule has 2 atom stereocenters. The van der Waals surface area contributed by atoms with Crippen LogP contribution in [0.3, 0.4) is 0 Å². The number of rotatable bonds is 6. The lowest BCUT2D eigenvalue weighted by Gasteiger charge is -2.38. The molecule has 0 radical (unpaired) electrons. The van der Waals surface area contributed by atoms with Crippen molar-refractivity contribution in [2.24, 2.45) is 5.92 Å². The van der Waals surface area contributed by atoms with Crippen molar-refractivity contribution in [1.29, 1.82) is 0 Å². The van der Waals surface area contributed by atoms with Crippen LogP contribution in [0.1, 0.15) is 32.3 Å². The van der Waals surface area contributed by atoms with Crippen molar-refractivity contribution in [2.75, 3.05) is 19.6 Å². The van der Waals surface area contributed by atoms with E-state index in [1.807, 2.05) is 30.3 Å². The minimum absolute atomic E-state index is 0.00114. The van der Waals surface area contributed by atoms with Crippen LogP contribution in [0.4, 0.5) is 0 Å². The van der Waals surface area contributed by atoms with Gasteiger partial charge in [-0.2, -0.15) is 0 Å². The van der Waals surface area contributed by atoms with Crippen LogP contribution < -0.4 is 0 Å². The first kappa shape index (κ1) is 19.0. The average Bonchev–Trinajstić information content (AvgIpc) is 2.59. The maximum absolute atomic E-state index is 12.6. The number of hydrogen-bond donors (Lipinski definition) is 1. The van der Waals surface area contributed by atoms with Crippen LogP contribution in [-0.4, -0.2) is 58.4 Å². The molecule has 1 heterocycles. The van der Waals surface area contributed by atoms with Crippen molar-refractivity contribution in [1.82, 2.24) is 9.80 Å². The molecule has 2 rings (SSSR count). The van der Waals surface area contributed by atoms with Gasteiger partial charge in [-0.05, 0) is 31.7 Å². The van der Waals surface area contributed by atoms with Gasteiger partial charge in [0.05, 0.1) is 12.5 Å². The number of likely N-dealkylation sites (tertiary alicyclic amines) is 1. The van der Waals surface area contributed by atoms with Crippen molar-refractivity contribution >= 4 is 17.8 Å². The zero-order valence-electron chi connectivity index (χ0n) is 14.9. The molecule has 1 aromatic rings. The normalized spacial score (nSPS) is 20.2. The van der Waals surface area contributed by atoms with E-state index in [-0.39, 0.29) is 24.4 Å². The van der Waals surface area contributed by atoms with Gasteiger partial charge < -0.3 is 14.9 Å². The van der Waals surface area contributed by atoms with Crippen molar-refractivity contribution in [2.45, 2.75) is 39.2 Å². The molecule has 2 amide bonds. The predicted molar refractivity (Wildman–Crippen MR) is 93.9 cm³/mol. The van der Waals surface area contributed by atoms with E-state index in [4.69, 9.17) is 0 Å². The van der Waals surface area contributed by atoms with E-state index in [0.29, 0.717) is 32.4 Å². The van der Waals surface area contributed by atoms with Gasteiger partial charge in [0.1, 0.15) is 0 Å². The van der Waals surface area contributed by atoms with Crippen LogP contribution in [0.2, 0.25) is 0 Å². The molecule has 0 spiro atoms. The number of carboxylic acids is 1. The molecule has 6 heteroatoms. The standard InChI is InChI=1S/C19H26N2O4/c1-14-17(19(24)25)9-6-11-21(14)18(23)13-20(15(2)22)12-10-16-7-4-3-5-8-16/h3-5,7-8,14,17H,6,9-13H2,1-2H3,(H,24,25)/t14-,17-/m1/s1. The number of nitrogens with zero attached hydrogens (tertiary/aromatic N) is 2. The van der Waals surface area contributed by atoms with E-state index in [9.17, 15) is 19.5 Å². The number of benzene rings is 1. The molecule has 1 aliphatic heterocycles. The number of carbonyl (C=O) groups is 3. The van der Waals surface area contributed by atoms with Crippen molar-refractivity contribution in [3.63, 3.8) is 0 Å². The fraction of sp³-hybridized carbons (Fsp3) is 0.526. The fourth-order valence-electron chi connectivity index (χ4n) is 3.34. The topological polar surface area (TPSA) is 77.9 Å². The van der Waals surface area contributed by atoms with E-state index in [1.165, 1.54) is 11.8 Å².